The number of rotatable bonds is 5. The van der Waals surface area contributed by atoms with Crippen LogP contribution in [0.15, 0.2) is 53.0 Å². The van der Waals surface area contributed by atoms with Gasteiger partial charge in [-0.3, -0.25) is 9.20 Å². The lowest BCUT2D eigenvalue weighted by Gasteiger charge is -2.25. The van der Waals surface area contributed by atoms with E-state index in [1.807, 2.05) is 30.5 Å². The second-order valence-electron chi connectivity index (χ2n) is 7.66. The van der Waals surface area contributed by atoms with Crippen LogP contribution < -0.4 is 10.6 Å². The zero-order valence-electron chi connectivity index (χ0n) is 16.1. The summed E-state index contributed by atoms with van der Waals surface area (Å²) in [7, 11) is 0. The van der Waals surface area contributed by atoms with Gasteiger partial charge in [0.05, 0.1) is 6.20 Å². The van der Waals surface area contributed by atoms with Gasteiger partial charge >= 0.3 is 0 Å². The summed E-state index contributed by atoms with van der Waals surface area (Å²) in [5.74, 6) is 1.81. The number of hydrogen-bond acceptors (Lipinski definition) is 6. The van der Waals surface area contributed by atoms with E-state index in [0.717, 1.165) is 42.8 Å². The molecule has 1 amide bonds. The van der Waals surface area contributed by atoms with Crippen molar-refractivity contribution in [2.75, 3.05) is 13.1 Å². The average Bonchev–Trinajstić information content (AvgIpc) is 3.33. The number of pyridine rings is 1. The van der Waals surface area contributed by atoms with Gasteiger partial charge in [-0.1, -0.05) is 24.2 Å². The second-order valence-corrected chi connectivity index (χ2v) is 7.66. The number of nitrogens with one attached hydrogen (secondary N) is 2. The highest BCUT2D eigenvalue weighted by Gasteiger charge is 2.23. The molecule has 1 unspecified atom stereocenters. The number of carbonyl (C=O) groups excluding carboxylic acids is 1. The third-order valence-corrected chi connectivity index (χ3v) is 5.50. The Labute approximate surface area is 167 Å². The van der Waals surface area contributed by atoms with E-state index in [1.54, 1.807) is 10.6 Å². The van der Waals surface area contributed by atoms with Crippen molar-refractivity contribution in [1.82, 2.24) is 30.2 Å². The zero-order valence-corrected chi connectivity index (χ0v) is 16.1. The summed E-state index contributed by atoms with van der Waals surface area (Å²) in [6.45, 7) is 4.08. The SMILES string of the molecule is CC1CC=C(c2noc(CC3CNC3)n2)C=C1NC(=O)c1cnc2ccccn12. The Morgan fingerprint density at radius 1 is 1.38 bits per heavy atom. The van der Waals surface area contributed by atoms with Crippen molar-refractivity contribution in [1.29, 1.82) is 0 Å². The van der Waals surface area contributed by atoms with Gasteiger partial charge in [-0.25, -0.2) is 4.98 Å². The van der Waals surface area contributed by atoms with Gasteiger partial charge in [-0.15, -0.1) is 0 Å². The van der Waals surface area contributed by atoms with E-state index in [4.69, 9.17) is 4.52 Å². The van der Waals surface area contributed by atoms with Gasteiger partial charge < -0.3 is 15.2 Å². The lowest BCUT2D eigenvalue weighted by molar-refractivity contribution is 0.0956. The van der Waals surface area contributed by atoms with Crippen molar-refractivity contribution < 1.29 is 9.32 Å². The van der Waals surface area contributed by atoms with Crippen LogP contribution in [-0.2, 0) is 6.42 Å². The van der Waals surface area contributed by atoms with Gasteiger partial charge in [0.1, 0.15) is 11.3 Å². The largest absolute Gasteiger partial charge is 0.339 e. The van der Waals surface area contributed by atoms with E-state index in [0.29, 0.717) is 23.3 Å². The van der Waals surface area contributed by atoms with E-state index in [2.05, 4.69) is 38.8 Å². The number of fused-ring (bicyclic) bond motifs is 1. The minimum absolute atomic E-state index is 0.186. The van der Waals surface area contributed by atoms with Crippen molar-refractivity contribution >= 4 is 17.1 Å². The molecule has 0 bridgehead atoms. The number of imidazole rings is 1. The maximum absolute atomic E-state index is 12.9. The monoisotopic (exact) mass is 390 g/mol. The van der Waals surface area contributed by atoms with Gasteiger partial charge in [-0.05, 0) is 49.6 Å². The van der Waals surface area contributed by atoms with Crippen LogP contribution in [0.1, 0.15) is 35.5 Å². The fraction of sp³-hybridized carbons (Fsp3) is 0.333. The minimum atomic E-state index is -0.186. The van der Waals surface area contributed by atoms with E-state index in [1.165, 1.54) is 0 Å². The lowest BCUT2D eigenvalue weighted by atomic mass is 9.94. The molecule has 8 nitrogen and oxygen atoms in total. The summed E-state index contributed by atoms with van der Waals surface area (Å²) in [5.41, 5.74) is 2.96. The number of aromatic nitrogens is 4. The molecule has 2 aliphatic rings. The molecule has 1 aliphatic heterocycles. The van der Waals surface area contributed by atoms with Crippen LogP contribution in [0.5, 0.6) is 0 Å². The van der Waals surface area contributed by atoms with E-state index in [-0.39, 0.29) is 11.8 Å². The maximum atomic E-state index is 12.9. The van der Waals surface area contributed by atoms with Gasteiger partial charge in [0, 0.05) is 23.9 Å². The van der Waals surface area contributed by atoms with Crippen LogP contribution in [0.2, 0.25) is 0 Å². The number of carbonyl (C=O) groups is 1. The van der Waals surface area contributed by atoms with Gasteiger partial charge in [-0.2, -0.15) is 4.98 Å². The number of amides is 1. The van der Waals surface area contributed by atoms with Crippen LogP contribution in [0.25, 0.3) is 11.2 Å². The fourth-order valence-corrected chi connectivity index (χ4v) is 3.60. The van der Waals surface area contributed by atoms with Crippen molar-refractivity contribution in [2.45, 2.75) is 19.8 Å². The Kier molecular flexibility index (Phi) is 4.48. The fourth-order valence-electron chi connectivity index (χ4n) is 3.60. The van der Waals surface area contributed by atoms with Crippen LogP contribution in [-0.4, -0.2) is 38.5 Å². The molecule has 0 radical (unpaired) electrons. The molecule has 0 aromatic carbocycles. The third-order valence-electron chi connectivity index (χ3n) is 5.50. The highest BCUT2D eigenvalue weighted by Crippen LogP contribution is 2.27. The molecule has 8 heteroatoms. The molecule has 1 atom stereocenters. The summed E-state index contributed by atoms with van der Waals surface area (Å²) in [6, 6.07) is 5.64. The van der Waals surface area contributed by atoms with Gasteiger partial charge in [0.25, 0.3) is 5.91 Å². The standard InChI is InChI=1S/C21H22N6O2/c1-13-5-6-15(20-25-19(29-26-20)8-14-10-22-11-14)9-16(13)24-21(28)17-12-23-18-4-2-3-7-27(17)18/h2-4,6-7,9,12-14,22H,5,8,10-11H2,1H3,(H,24,28). The van der Waals surface area contributed by atoms with E-state index < -0.39 is 0 Å². The maximum Gasteiger partial charge on any atom is 0.274 e. The molecule has 0 saturated carbocycles. The summed E-state index contributed by atoms with van der Waals surface area (Å²) in [4.78, 5) is 21.7. The third kappa shape index (κ3) is 3.47. The van der Waals surface area contributed by atoms with Crippen LogP contribution >= 0.6 is 0 Å². The predicted octanol–water partition coefficient (Wildman–Crippen LogP) is 2.22. The molecule has 0 spiro atoms. The summed E-state index contributed by atoms with van der Waals surface area (Å²) in [6.07, 6.45) is 9.05. The van der Waals surface area contributed by atoms with Crippen molar-refractivity contribution in [3.8, 4) is 0 Å². The Morgan fingerprint density at radius 2 is 2.28 bits per heavy atom. The zero-order chi connectivity index (χ0) is 19.8. The number of nitrogens with zero attached hydrogens (tertiary/aromatic N) is 4. The highest BCUT2D eigenvalue weighted by atomic mass is 16.5. The first-order valence-electron chi connectivity index (χ1n) is 9.86. The molecule has 3 aromatic rings. The first kappa shape index (κ1) is 17.8. The predicted molar refractivity (Wildman–Crippen MR) is 107 cm³/mol. The minimum Gasteiger partial charge on any atom is -0.339 e. The first-order valence-corrected chi connectivity index (χ1v) is 9.86. The van der Waals surface area contributed by atoms with Gasteiger partial charge in [0.15, 0.2) is 0 Å². The molecule has 29 heavy (non-hydrogen) atoms. The second kappa shape index (κ2) is 7.29. The molecule has 3 aromatic heterocycles. The summed E-state index contributed by atoms with van der Waals surface area (Å²) in [5, 5.41) is 10.4. The number of allylic oxidation sites excluding steroid dienone is 4. The van der Waals surface area contributed by atoms with E-state index in [9.17, 15) is 4.79 Å². The quantitative estimate of drug-likeness (QED) is 0.693. The lowest BCUT2D eigenvalue weighted by Crippen LogP contribution is -2.43. The van der Waals surface area contributed by atoms with Gasteiger partial charge in [0.2, 0.25) is 11.7 Å². The Balaban J connectivity index is 1.34. The number of hydrogen-bond donors (Lipinski definition) is 2. The van der Waals surface area contributed by atoms with Crippen molar-refractivity contribution in [3.05, 3.63) is 65.9 Å². The topological polar surface area (TPSA) is 97.4 Å². The summed E-state index contributed by atoms with van der Waals surface area (Å²) >= 11 is 0. The Morgan fingerprint density at radius 3 is 3.10 bits per heavy atom. The normalized spacial score (nSPS) is 19.6. The van der Waals surface area contributed by atoms with Crippen molar-refractivity contribution in [2.24, 2.45) is 11.8 Å². The Bertz CT molecular complexity index is 1120. The van der Waals surface area contributed by atoms with Crippen LogP contribution in [0, 0.1) is 11.8 Å². The van der Waals surface area contributed by atoms with Crippen molar-refractivity contribution in [3.63, 3.8) is 0 Å². The molecule has 1 aliphatic carbocycles. The Hall–Kier alpha value is -3.26. The molecular formula is C21H22N6O2. The molecule has 4 heterocycles. The van der Waals surface area contributed by atoms with E-state index >= 15 is 0 Å². The molecule has 148 valence electrons. The average molecular weight is 390 g/mol. The molecule has 1 saturated heterocycles. The van der Waals surface area contributed by atoms with Crippen LogP contribution in [0.3, 0.4) is 0 Å². The summed E-state index contributed by atoms with van der Waals surface area (Å²) < 4.78 is 7.20. The molecular weight excluding hydrogens is 368 g/mol. The first-order chi connectivity index (χ1) is 14.2. The van der Waals surface area contributed by atoms with Crippen LogP contribution in [0.4, 0.5) is 0 Å². The smallest absolute Gasteiger partial charge is 0.274 e. The molecule has 2 N–H and O–H groups in total. The highest BCUT2D eigenvalue weighted by molar-refractivity contribution is 5.94. The molecule has 1 fully saturated rings. The molecule has 5 rings (SSSR count).